The zero-order valence-electron chi connectivity index (χ0n) is 12.7. The number of aromatic nitrogens is 2. The van der Waals surface area contributed by atoms with Crippen LogP contribution in [-0.2, 0) is 18.3 Å². The molecule has 1 amide bonds. The summed E-state index contributed by atoms with van der Waals surface area (Å²) in [5, 5.41) is 9.31. The molecule has 0 radical (unpaired) electrons. The normalized spacial score (nSPS) is 12.3. The predicted molar refractivity (Wildman–Crippen MR) is 85.3 cm³/mol. The van der Waals surface area contributed by atoms with E-state index in [1.165, 1.54) is 4.88 Å². The molecule has 1 N–H and O–H groups in total. The van der Waals surface area contributed by atoms with Crippen LogP contribution in [0.25, 0.3) is 0 Å². The van der Waals surface area contributed by atoms with Gasteiger partial charge in [0.25, 0.3) is 0 Å². The number of likely N-dealkylation sites (N-methyl/N-ethyl adjacent to an activating group) is 2. The highest BCUT2D eigenvalue weighted by molar-refractivity contribution is 7.09. The van der Waals surface area contributed by atoms with Crippen molar-refractivity contribution in [2.24, 2.45) is 7.05 Å². The Morgan fingerprint density at radius 2 is 2.38 bits per heavy atom. The SMILES string of the molecule is CCN(CCc1cccs1)C(=O)C(NC)c1cnn(C)c1. The average Bonchev–Trinajstić information content (AvgIpc) is 3.12. The van der Waals surface area contributed by atoms with Crippen LogP contribution >= 0.6 is 11.3 Å². The van der Waals surface area contributed by atoms with Gasteiger partial charge in [0.1, 0.15) is 6.04 Å². The highest BCUT2D eigenvalue weighted by atomic mass is 32.1. The number of amides is 1. The van der Waals surface area contributed by atoms with Gasteiger partial charge in [0.05, 0.1) is 6.20 Å². The number of nitrogens with zero attached hydrogens (tertiary/aromatic N) is 3. The fourth-order valence-corrected chi connectivity index (χ4v) is 3.03. The van der Waals surface area contributed by atoms with Crippen molar-refractivity contribution in [1.82, 2.24) is 20.0 Å². The summed E-state index contributed by atoms with van der Waals surface area (Å²) in [6.45, 7) is 3.47. The maximum absolute atomic E-state index is 12.7. The van der Waals surface area contributed by atoms with E-state index in [1.807, 2.05) is 38.2 Å². The molecule has 0 spiro atoms. The second-order valence-electron chi connectivity index (χ2n) is 4.92. The van der Waals surface area contributed by atoms with E-state index in [-0.39, 0.29) is 11.9 Å². The molecule has 0 fully saturated rings. The number of thiophene rings is 1. The van der Waals surface area contributed by atoms with E-state index in [0.717, 1.165) is 18.5 Å². The van der Waals surface area contributed by atoms with E-state index in [2.05, 4.69) is 21.9 Å². The number of hydrogen-bond acceptors (Lipinski definition) is 4. The van der Waals surface area contributed by atoms with Crippen molar-refractivity contribution in [2.75, 3.05) is 20.1 Å². The monoisotopic (exact) mass is 306 g/mol. The number of aryl methyl sites for hydroxylation is 1. The molecule has 5 nitrogen and oxygen atoms in total. The van der Waals surface area contributed by atoms with Gasteiger partial charge in [0, 0.05) is 36.8 Å². The molecule has 114 valence electrons. The summed E-state index contributed by atoms with van der Waals surface area (Å²) >= 11 is 1.73. The Morgan fingerprint density at radius 1 is 1.57 bits per heavy atom. The third-order valence-electron chi connectivity index (χ3n) is 3.50. The minimum absolute atomic E-state index is 0.101. The summed E-state index contributed by atoms with van der Waals surface area (Å²) in [6.07, 6.45) is 4.53. The lowest BCUT2D eigenvalue weighted by Crippen LogP contribution is -2.40. The molecule has 0 saturated heterocycles. The van der Waals surface area contributed by atoms with Crippen LogP contribution in [0.3, 0.4) is 0 Å². The second-order valence-corrected chi connectivity index (χ2v) is 5.95. The highest BCUT2D eigenvalue weighted by Crippen LogP contribution is 2.16. The molecule has 2 aromatic rings. The van der Waals surface area contributed by atoms with Gasteiger partial charge in [-0.3, -0.25) is 9.48 Å². The van der Waals surface area contributed by atoms with Crippen molar-refractivity contribution in [2.45, 2.75) is 19.4 Å². The smallest absolute Gasteiger partial charge is 0.244 e. The van der Waals surface area contributed by atoms with Crippen molar-refractivity contribution in [3.63, 3.8) is 0 Å². The van der Waals surface area contributed by atoms with Gasteiger partial charge in [-0.05, 0) is 31.8 Å². The van der Waals surface area contributed by atoms with E-state index >= 15 is 0 Å². The summed E-state index contributed by atoms with van der Waals surface area (Å²) in [7, 11) is 3.66. The minimum atomic E-state index is -0.331. The molecule has 6 heteroatoms. The summed E-state index contributed by atoms with van der Waals surface area (Å²) in [5.74, 6) is 0.101. The predicted octanol–water partition coefficient (Wildman–Crippen LogP) is 1.83. The van der Waals surface area contributed by atoms with E-state index in [4.69, 9.17) is 0 Å². The zero-order valence-corrected chi connectivity index (χ0v) is 13.6. The van der Waals surface area contributed by atoms with Gasteiger partial charge in [-0.25, -0.2) is 0 Å². The van der Waals surface area contributed by atoms with E-state index in [0.29, 0.717) is 6.54 Å². The van der Waals surface area contributed by atoms with Crippen LogP contribution < -0.4 is 5.32 Å². The van der Waals surface area contributed by atoms with Crippen molar-refractivity contribution in [3.8, 4) is 0 Å². The van der Waals surface area contributed by atoms with Crippen LogP contribution in [-0.4, -0.2) is 40.7 Å². The average molecular weight is 306 g/mol. The van der Waals surface area contributed by atoms with E-state index in [1.54, 1.807) is 22.2 Å². The summed E-state index contributed by atoms with van der Waals surface area (Å²) < 4.78 is 1.72. The molecule has 0 aromatic carbocycles. The molecular weight excluding hydrogens is 284 g/mol. The third kappa shape index (κ3) is 3.92. The van der Waals surface area contributed by atoms with Crippen molar-refractivity contribution < 1.29 is 4.79 Å². The summed E-state index contributed by atoms with van der Waals surface area (Å²) in [6, 6.07) is 3.83. The molecule has 0 aliphatic carbocycles. The maximum Gasteiger partial charge on any atom is 0.244 e. The van der Waals surface area contributed by atoms with Crippen molar-refractivity contribution in [3.05, 3.63) is 40.3 Å². The topological polar surface area (TPSA) is 50.2 Å². The standard InChI is InChI=1S/C15H22N4OS/c1-4-19(8-7-13-6-5-9-21-13)15(20)14(16-2)12-10-17-18(3)11-12/h5-6,9-11,14,16H,4,7-8H2,1-3H3. The molecule has 2 aromatic heterocycles. The van der Waals surface area contributed by atoms with Crippen LogP contribution in [0.2, 0.25) is 0 Å². The van der Waals surface area contributed by atoms with Crippen LogP contribution in [0.5, 0.6) is 0 Å². The highest BCUT2D eigenvalue weighted by Gasteiger charge is 2.24. The second kappa shape index (κ2) is 7.38. The molecule has 0 aliphatic rings. The van der Waals surface area contributed by atoms with Gasteiger partial charge in [0.2, 0.25) is 5.91 Å². The molecule has 0 aliphatic heterocycles. The number of nitrogens with one attached hydrogen (secondary N) is 1. The zero-order chi connectivity index (χ0) is 15.2. The van der Waals surface area contributed by atoms with Gasteiger partial charge in [-0.2, -0.15) is 5.10 Å². The molecule has 21 heavy (non-hydrogen) atoms. The molecule has 0 bridgehead atoms. The molecular formula is C15H22N4OS. The summed E-state index contributed by atoms with van der Waals surface area (Å²) in [5.41, 5.74) is 0.902. The van der Waals surface area contributed by atoms with Crippen molar-refractivity contribution >= 4 is 17.2 Å². The third-order valence-corrected chi connectivity index (χ3v) is 4.43. The minimum Gasteiger partial charge on any atom is -0.341 e. The van der Waals surface area contributed by atoms with Gasteiger partial charge in [-0.15, -0.1) is 11.3 Å². The van der Waals surface area contributed by atoms with Gasteiger partial charge < -0.3 is 10.2 Å². The molecule has 2 heterocycles. The number of hydrogen-bond donors (Lipinski definition) is 1. The number of carbonyl (C=O) groups excluding carboxylic acids is 1. The first-order valence-electron chi connectivity index (χ1n) is 7.12. The summed E-state index contributed by atoms with van der Waals surface area (Å²) in [4.78, 5) is 15.9. The Bertz CT molecular complexity index is 564. The Hall–Kier alpha value is -1.66. The van der Waals surface area contributed by atoms with Gasteiger partial charge >= 0.3 is 0 Å². The fourth-order valence-electron chi connectivity index (χ4n) is 2.33. The van der Waals surface area contributed by atoms with E-state index < -0.39 is 0 Å². The van der Waals surface area contributed by atoms with Crippen LogP contribution in [0.1, 0.15) is 23.4 Å². The first kappa shape index (κ1) is 15.7. The lowest BCUT2D eigenvalue weighted by Gasteiger charge is -2.25. The maximum atomic E-state index is 12.7. The Morgan fingerprint density at radius 3 is 2.90 bits per heavy atom. The molecule has 2 rings (SSSR count). The molecule has 1 unspecified atom stereocenters. The van der Waals surface area contributed by atoms with Crippen LogP contribution in [0, 0.1) is 0 Å². The first-order valence-corrected chi connectivity index (χ1v) is 8.00. The van der Waals surface area contributed by atoms with Crippen molar-refractivity contribution in [1.29, 1.82) is 0 Å². The van der Waals surface area contributed by atoms with Gasteiger partial charge in [0.15, 0.2) is 0 Å². The lowest BCUT2D eigenvalue weighted by atomic mass is 10.1. The number of rotatable bonds is 7. The Balaban J connectivity index is 2.03. The fraction of sp³-hybridized carbons (Fsp3) is 0.467. The first-order chi connectivity index (χ1) is 10.2. The van der Waals surface area contributed by atoms with Gasteiger partial charge in [-0.1, -0.05) is 6.07 Å². The molecule has 0 saturated carbocycles. The Kier molecular flexibility index (Phi) is 5.52. The largest absolute Gasteiger partial charge is 0.341 e. The Labute approximate surface area is 129 Å². The molecule has 1 atom stereocenters. The van der Waals surface area contributed by atoms with Crippen LogP contribution in [0.15, 0.2) is 29.9 Å². The van der Waals surface area contributed by atoms with E-state index in [9.17, 15) is 4.79 Å². The number of carbonyl (C=O) groups is 1. The lowest BCUT2D eigenvalue weighted by molar-refractivity contribution is -0.133. The van der Waals surface area contributed by atoms with Crippen LogP contribution in [0.4, 0.5) is 0 Å². The quantitative estimate of drug-likeness (QED) is 0.849.